The first kappa shape index (κ1) is 21.5. The molecule has 3 aromatic carbocycles. The lowest BCUT2D eigenvalue weighted by Crippen LogP contribution is -2.51. The summed E-state index contributed by atoms with van der Waals surface area (Å²) < 4.78 is 13.4. The van der Waals surface area contributed by atoms with Crippen LogP contribution in [0.1, 0.15) is 22.3 Å². The summed E-state index contributed by atoms with van der Waals surface area (Å²) in [6.07, 6.45) is 0. The second-order valence-corrected chi connectivity index (χ2v) is 9.77. The van der Waals surface area contributed by atoms with E-state index in [0.717, 1.165) is 27.9 Å². The maximum atomic E-state index is 14.0. The SMILES string of the molecule is Cc1ccc(NC(=O)N2CCSC23C(=O)N(Cc2ccc(F)cc2)c2ccc(C)cc23)cc1. The number of halogens is 1. The zero-order valence-corrected chi connectivity index (χ0v) is 19.3. The molecule has 3 aromatic rings. The van der Waals surface area contributed by atoms with Crippen molar-refractivity contribution in [1.29, 1.82) is 0 Å². The molecular weight excluding hydrogens is 437 g/mol. The number of aryl methyl sites for hydroxylation is 2. The predicted octanol–water partition coefficient (Wildman–Crippen LogP) is 5.42. The van der Waals surface area contributed by atoms with E-state index in [-0.39, 0.29) is 17.8 Å². The van der Waals surface area contributed by atoms with Gasteiger partial charge in [0, 0.05) is 23.5 Å². The average molecular weight is 462 g/mol. The van der Waals surface area contributed by atoms with E-state index in [1.807, 2.05) is 56.3 Å². The van der Waals surface area contributed by atoms with E-state index in [1.54, 1.807) is 21.9 Å². The molecule has 1 N–H and O–H groups in total. The van der Waals surface area contributed by atoms with Gasteiger partial charge in [-0.05, 0) is 49.7 Å². The molecule has 33 heavy (non-hydrogen) atoms. The Morgan fingerprint density at radius 2 is 1.73 bits per heavy atom. The van der Waals surface area contributed by atoms with E-state index < -0.39 is 4.87 Å². The zero-order chi connectivity index (χ0) is 23.2. The van der Waals surface area contributed by atoms with Gasteiger partial charge in [0.2, 0.25) is 0 Å². The van der Waals surface area contributed by atoms with Crippen LogP contribution in [0.3, 0.4) is 0 Å². The van der Waals surface area contributed by atoms with Crippen LogP contribution < -0.4 is 10.2 Å². The molecule has 168 valence electrons. The van der Waals surface area contributed by atoms with Gasteiger partial charge in [-0.1, -0.05) is 47.5 Å². The van der Waals surface area contributed by atoms with E-state index in [0.29, 0.717) is 24.5 Å². The first-order chi connectivity index (χ1) is 15.9. The molecule has 7 heteroatoms. The number of rotatable bonds is 3. The Hall–Kier alpha value is -3.32. The number of benzene rings is 3. The minimum atomic E-state index is -1.11. The Morgan fingerprint density at radius 1 is 1.03 bits per heavy atom. The fraction of sp³-hybridized carbons (Fsp3) is 0.231. The van der Waals surface area contributed by atoms with Crippen LogP contribution in [0.2, 0.25) is 0 Å². The van der Waals surface area contributed by atoms with Crippen molar-refractivity contribution in [2.45, 2.75) is 25.3 Å². The summed E-state index contributed by atoms with van der Waals surface area (Å²) in [6.45, 7) is 4.75. The molecule has 2 heterocycles. The highest BCUT2D eigenvalue weighted by atomic mass is 32.2. The molecule has 0 saturated carbocycles. The minimum Gasteiger partial charge on any atom is -0.308 e. The Morgan fingerprint density at radius 3 is 2.45 bits per heavy atom. The molecule has 0 radical (unpaired) electrons. The Labute approximate surface area is 196 Å². The third-order valence-electron chi connectivity index (χ3n) is 6.15. The number of nitrogens with zero attached hydrogens (tertiary/aromatic N) is 2. The number of nitrogens with one attached hydrogen (secondary N) is 1. The van der Waals surface area contributed by atoms with E-state index in [2.05, 4.69) is 5.32 Å². The number of amides is 3. The number of hydrogen-bond donors (Lipinski definition) is 1. The third-order valence-corrected chi connectivity index (χ3v) is 7.57. The molecule has 1 atom stereocenters. The maximum absolute atomic E-state index is 14.0. The Kier molecular flexibility index (Phi) is 5.37. The van der Waals surface area contributed by atoms with Crippen molar-refractivity contribution in [2.75, 3.05) is 22.5 Å². The largest absolute Gasteiger partial charge is 0.323 e. The summed E-state index contributed by atoms with van der Waals surface area (Å²) in [5, 5.41) is 2.96. The number of anilines is 2. The lowest BCUT2D eigenvalue weighted by molar-refractivity contribution is -0.123. The third kappa shape index (κ3) is 3.66. The van der Waals surface area contributed by atoms with Gasteiger partial charge >= 0.3 is 6.03 Å². The zero-order valence-electron chi connectivity index (χ0n) is 18.5. The summed E-state index contributed by atoms with van der Waals surface area (Å²) in [5.41, 5.74) is 5.26. The summed E-state index contributed by atoms with van der Waals surface area (Å²) >= 11 is 1.49. The van der Waals surface area contributed by atoms with Crippen molar-refractivity contribution in [3.8, 4) is 0 Å². The van der Waals surface area contributed by atoms with Gasteiger partial charge in [-0.25, -0.2) is 9.18 Å². The van der Waals surface area contributed by atoms with Gasteiger partial charge in [-0.15, -0.1) is 11.8 Å². The van der Waals surface area contributed by atoms with Gasteiger partial charge in [0.15, 0.2) is 4.87 Å². The second-order valence-electron chi connectivity index (χ2n) is 8.48. The second kappa shape index (κ2) is 8.23. The van der Waals surface area contributed by atoms with Gasteiger partial charge in [-0.3, -0.25) is 9.69 Å². The number of fused-ring (bicyclic) bond motifs is 2. The van der Waals surface area contributed by atoms with Gasteiger partial charge < -0.3 is 10.2 Å². The van der Waals surface area contributed by atoms with Gasteiger partial charge in [0.25, 0.3) is 5.91 Å². The summed E-state index contributed by atoms with van der Waals surface area (Å²) in [4.78, 5) is 29.6. The van der Waals surface area contributed by atoms with Crippen LogP contribution in [-0.2, 0) is 16.2 Å². The molecule has 1 fully saturated rings. The van der Waals surface area contributed by atoms with Crippen molar-refractivity contribution >= 4 is 35.1 Å². The smallest absolute Gasteiger partial charge is 0.308 e. The Balaban J connectivity index is 1.52. The fourth-order valence-electron chi connectivity index (χ4n) is 4.49. The van der Waals surface area contributed by atoms with Crippen LogP contribution >= 0.6 is 11.8 Å². The van der Waals surface area contributed by atoms with Crippen LogP contribution in [0.4, 0.5) is 20.6 Å². The number of carbonyl (C=O) groups excluding carboxylic acids is 2. The minimum absolute atomic E-state index is 0.144. The molecule has 1 spiro atoms. The van der Waals surface area contributed by atoms with Crippen molar-refractivity contribution in [3.05, 3.63) is 94.8 Å². The number of hydrogen-bond acceptors (Lipinski definition) is 3. The summed E-state index contributed by atoms with van der Waals surface area (Å²) in [7, 11) is 0. The standard InChI is InChI=1S/C26H24FN3O2S/c1-17-3-10-21(11-4-17)28-25(32)30-13-14-33-26(30)22-15-18(2)5-12-23(22)29(24(26)31)16-19-6-8-20(27)9-7-19/h3-12,15H,13-14,16H2,1-2H3,(H,28,32). The lowest BCUT2D eigenvalue weighted by Gasteiger charge is -2.33. The number of thioether (sulfide) groups is 1. The van der Waals surface area contributed by atoms with E-state index in [9.17, 15) is 14.0 Å². The Bertz CT molecular complexity index is 1230. The maximum Gasteiger partial charge on any atom is 0.323 e. The molecular formula is C26H24FN3O2S. The summed E-state index contributed by atoms with van der Waals surface area (Å²) in [5.74, 6) is 0.198. The molecule has 0 aliphatic carbocycles. The topological polar surface area (TPSA) is 52.7 Å². The molecule has 2 aliphatic rings. The molecule has 1 saturated heterocycles. The normalized spacial score (nSPS) is 19.3. The van der Waals surface area contributed by atoms with Crippen LogP contribution in [-0.4, -0.2) is 29.1 Å². The highest BCUT2D eigenvalue weighted by Gasteiger charge is 2.59. The molecule has 1 unspecified atom stereocenters. The molecule has 0 aromatic heterocycles. The highest BCUT2D eigenvalue weighted by molar-refractivity contribution is 8.01. The van der Waals surface area contributed by atoms with E-state index in [4.69, 9.17) is 0 Å². The molecule has 0 bridgehead atoms. The van der Waals surface area contributed by atoms with Crippen LogP contribution in [0.5, 0.6) is 0 Å². The van der Waals surface area contributed by atoms with E-state index in [1.165, 1.54) is 23.9 Å². The predicted molar refractivity (Wildman–Crippen MR) is 130 cm³/mol. The monoisotopic (exact) mass is 461 g/mol. The number of carbonyl (C=O) groups is 2. The summed E-state index contributed by atoms with van der Waals surface area (Å²) in [6, 6.07) is 19.4. The fourth-order valence-corrected chi connectivity index (χ4v) is 5.94. The van der Waals surface area contributed by atoms with Crippen LogP contribution in [0.15, 0.2) is 66.7 Å². The first-order valence-corrected chi connectivity index (χ1v) is 11.8. The molecule has 5 rings (SSSR count). The van der Waals surface area contributed by atoms with E-state index >= 15 is 0 Å². The van der Waals surface area contributed by atoms with Gasteiger partial charge in [0.05, 0.1) is 12.2 Å². The molecule has 3 amide bonds. The quantitative estimate of drug-likeness (QED) is 0.566. The van der Waals surface area contributed by atoms with Crippen molar-refractivity contribution in [3.63, 3.8) is 0 Å². The van der Waals surface area contributed by atoms with Crippen molar-refractivity contribution < 1.29 is 14.0 Å². The lowest BCUT2D eigenvalue weighted by atomic mass is 10.0. The van der Waals surface area contributed by atoms with Crippen molar-refractivity contribution in [1.82, 2.24) is 4.90 Å². The van der Waals surface area contributed by atoms with Crippen LogP contribution in [0.25, 0.3) is 0 Å². The first-order valence-electron chi connectivity index (χ1n) is 10.9. The number of urea groups is 1. The van der Waals surface area contributed by atoms with Crippen molar-refractivity contribution in [2.24, 2.45) is 0 Å². The van der Waals surface area contributed by atoms with Crippen LogP contribution in [0, 0.1) is 19.7 Å². The molecule has 5 nitrogen and oxygen atoms in total. The van der Waals surface area contributed by atoms with Gasteiger partial charge in [0.1, 0.15) is 5.82 Å². The van der Waals surface area contributed by atoms with Gasteiger partial charge in [-0.2, -0.15) is 0 Å². The highest BCUT2D eigenvalue weighted by Crippen LogP contribution is 2.54. The molecule has 2 aliphatic heterocycles. The average Bonchev–Trinajstić information content (AvgIpc) is 3.34.